The van der Waals surface area contributed by atoms with Crippen LogP contribution < -0.4 is 15.2 Å². The Labute approximate surface area is 120 Å². The van der Waals surface area contributed by atoms with Crippen molar-refractivity contribution in [1.82, 2.24) is 0 Å². The molecule has 0 atom stereocenters. The summed E-state index contributed by atoms with van der Waals surface area (Å²) < 4.78 is 10.7. The summed E-state index contributed by atoms with van der Waals surface area (Å²) in [6, 6.07) is 10.7. The van der Waals surface area contributed by atoms with E-state index in [1.165, 1.54) is 25.3 Å². The minimum Gasteiger partial charge on any atom is -0.493 e. The van der Waals surface area contributed by atoms with Crippen LogP contribution in [0.1, 0.15) is 5.56 Å². The summed E-state index contributed by atoms with van der Waals surface area (Å²) in [6.07, 6.45) is 0. The number of amidine groups is 1. The molecule has 0 saturated heterocycles. The Balaban J connectivity index is 2.40. The van der Waals surface area contributed by atoms with Gasteiger partial charge in [0.25, 0.3) is 0 Å². The molecule has 0 unspecified atom stereocenters. The molecule has 0 aliphatic rings. The number of ether oxygens (including phenoxy) is 2. The van der Waals surface area contributed by atoms with E-state index in [4.69, 9.17) is 20.6 Å². The van der Waals surface area contributed by atoms with E-state index in [1.807, 2.05) is 0 Å². The zero-order chi connectivity index (χ0) is 15.4. The average molecular weight is 287 g/mol. The van der Waals surface area contributed by atoms with Crippen molar-refractivity contribution in [2.75, 3.05) is 7.11 Å². The maximum Gasteiger partial charge on any atom is 0.311 e. The Morgan fingerprint density at radius 1 is 1.19 bits per heavy atom. The highest BCUT2D eigenvalue weighted by Crippen LogP contribution is 2.36. The Morgan fingerprint density at radius 2 is 1.90 bits per heavy atom. The van der Waals surface area contributed by atoms with E-state index in [0.717, 1.165) is 0 Å². The fourth-order valence-electron chi connectivity index (χ4n) is 1.73. The van der Waals surface area contributed by atoms with Crippen LogP contribution in [0.2, 0.25) is 0 Å². The van der Waals surface area contributed by atoms with Gasteiger partial charge in [0.2, 0.25) is 5.75 Å². The van der Waals surface area contributed by atoms with Crippen molar-refractivity contribution in [3.05, 3.63) is 58.1 Å². The van der Waals surface area contributed by atoms with Gasteiger partial charge in [-0.15, -0.1) is 0 Å². The van der Waals surface area contributed by atoms with Gasteiger partial charge in [0.1, 0.15) is 5.84 Å². The summed E-state index contributed by atoms with van der Waals surface area (Å²) >= 11 is 0. The molecule has 0 amide bonds. The Morgan fingerprint density at radius 3 is 2.52 bits per heavy atom. The third-order valence-corrected chi connectivity index (χ3v) is 2.76. The van der Waals surface area contributed by atoms with E-state index in [1.54, 1.807) is 24.3 Å². The summed E-state index contributed by atoms with van der Waals surface area (Å²) in [4.78, 5) is 10.4. The van der Waals surface area contributed by atoms with Crippen LogP contribution in [-0.2, 0) is 0 Å². The average Bonchev–Trinajstić information content (AvgIpc) is 2.47. The lowest BCUT2D eigenvalue weighted by atomic mass is 10.2. The number of nitrogens with two attached hydrogens (primary N) is 1. The lowest BCUT2D eigenvalue weighted by Gasteiger charge is -2.11. The monoisotopic (exact) mass is 287 g/mol. The molecule has 0 fully saturated rings. The van der Waals surface area contributed by atoms with Crippen LogP contribution in [-0.4, -0.2) is 17.9 Å². The summed E-state index contributed by atoms with van der Waals surface area (Å²) in [5.41, 5.74) is 5.73. The topological polar surface area (TPSA) is 111 Å². The first-order valence-electron chi connectivity index (χ1n) is 5.96. The first-order valence-corrected chi connectivity index (χ1v) is 5.96. The van der Waals surface area contributed by atoms with Crippen molar-refractivity contribution in [1.29, 1.82) is 5.41 Å². The zero-order valence-electron chi connectivity index (χ0n) is 11.2. The van der Waals surface area contributed by atoms with Crippen LogP contribution in [0.15, 0.2) is 42.5 Å². The van der Waals surface area contributed by atoms with Gasteiger partial charge in [0.05, 0.1) is 12.0 Å². The molecule has 2 aromatic rings. The van der Waals surface area contributed by atoms with Gasteiger partial charge >= 0.3 is 5.69 Å². The number of nitro groups is 1. The molecule has 3 N–H and O–H groups in total. The predicted octanol–water partition coefficient (Wildman–Crippen LogP) is 2.68. The molecule has 0 heterocycles. The number of nitrogens with one attached hydrogen (secondary N) is 1. The molecule has 7 nitrogen and oxygen atoms in total. The van der Waals surface area contributed by atoms with Crippen LogP contribution >= 0.6 is 0 Å². The normalized spacial score (nSPS) is 9.95. The van der Waals surface area contributed by atoms with E-state index < -0.39 is 4.92 Å². The van der Waals surface area contributed by atoms with Crippen LogP contribution in [0.4, 0.5) is 5.69 Å². The molecular formula is C14H13N3O4. The maximum absolute atomic E-state index is 11.0. The lowest BCUT2D eigenvalue weighted by Crippen LogP contribution is -2.11. The minimum absolute atomic E-state index is 0.106. The smallest absolute Gasteiger partial charge is 0.311 e. The number of methoxy groups -OCH3 is 1. The van der Waals surface area contributed by atoms with E-state index in [-0.39, 0.29) is 17.3 Å². The Bertz CT molecular complexity index is 700. The quantitative estimate of drug-likeness (QED) is 0.380. The highest BCUT2D eigenvalue weighted by molar-refractivity contribution is 5.95. The summed E-state index contributed by atoms with van der Waals surface area (Å²) in [7, 11) is 1.44. The van der Waals surface area contributed by atoms with Crippen LogP contribution in [0.25, 0.3) is 0 Å². The van der Waals surface area contributed by atoms with Crippen molar-refractivity contribution in [2.24, 2.45) is 5.73 Å². The third-order valence-electron chi connectivity index (χ3n) is 2.76. The zero-order valence-corrected chi connectivity index (χ0v) is 11.2. The standard InChI is InChI=1S/C14H13N3O4/c1-20-13-8-9(14(15)16)6-7-12(13)21-11-5-3-2-4-10(11)17(18)19/h2-8H,1H3,(H3,15,16). The lowest BCUT2D eigenvalue weighted by molar-refractivity contribution is -0.385. The third kappa shape index (κ3) is 3.08. The number of benzene rings is 2. The maximum atomic E-state index is 11.0. The largest absolute Gasteiger partial charge is 0.493 e. The van der Waals surface area contributed by atoms with Crippen LogP contribution in [0.3, 0.4) is 0 Å². The number of para-hydroxylation sites is 2. The van der Waals surface area contributed by atoms with Crippen molar-refractivity contribution in [3.63, 3.8) is 0 Å². The molecule has 0 radical (unpaired) electrons. The van der Waals surface area contributed by atoms with E-state index >= 15 is 0 Å². The van der Waals surface area contributed by atoms with E-state index in [2.05, 4.69) is 0 Å². The van der Waals surface area contributed by atoms with Gasteiger partial charge in [-0.1, -0.05) is 12.1 Å². The fraction of sp³-hybridized carbons (Fsp3) is 0.0714. The SMILES string of the molecule is COc1cc(C(=N)N)ccc1Oc1ccccc1[N+](=O)[O-]. The summed E-state index contributed by atoms with van der Waals surface area (Å²) in [5, 5.41) is 18.3. The molecule has 7 heteroatoms. The van der Waals surface area contributed by atoms with Gasteiger partial charge < -0.3 is 15.2 Å². The number of rotatable bonds is 5. The van der Waals surface area contributed by atoms with Gasteiger partial charge in [-0.25, -0.2) is 0 Å². The predicted molar refractivity (Wildman–Crippen MR) is 77.2 cm³/mol. The number of nitro benzene ring substituents is 1. The highest BCUT2D eigenvalue weighted by Gasteiger charge is 2.16. The molecule has 0 bridgehead atoms. The van der Waals surface area contributed by atoms with Gasteiger partial charge in [-0.2, -0.15) is 0 Å². The molecule has 0 aromatic heterocycles. The number of hydrogen-bond acceptors (Lipinski definition) is 5. The number of hydrogen-bond donors (Lipinski definition) is 2. The highest BCUT2D eigenvalue weighted by atomic mass is 16.6. The molecule has 2 rings (SSSR count). The fourth-order valence-corrected chi connectivity index (χ4v) is 1.73. The Hall–Kier alpha value is -3.09. The molecule has 0 aliphatic heterocycles. The van der Waals surface area contributed by atoms with E-state index in [9.17, 15) is 10.1 Å². The second-order valence-electron chi connectivity index (χ2n) is 4.11. The molecule has 2 aromatic carbocycles. The van der Waals surface area contributed by atoms with Crippen molar-refractivity contribution < 1.29 is 14.4 Å². The van der Waals surface area contributed by atoms with Crippen LogP contribution in [0.5, 0.6) is 17.2 Å². The summed E-state index contributed by atoms with van der Waals surface area (Å²) in [5.74, 6) is 0.638. The molecule has 108 valence electrons. The van der Waals surface area contributed by atoms with Crippen molar-refractivity contribution in [2.45, 2.75) is 0 Å². The van der Waals surface area contributed by atoms with Crippen molar-refractivity contribution >= 4 is 11.5 Å². The molecule has 0 aliphatic carbocycles. The Kier molecular flexibility index (Phi) is 4.03. The first kappa shape index (κ1) is 14.3. The summed E-state index contributed by atoms with van der Waals surface area (Å²) in [6.45, 7) is 0. The first-order chi connectivity index (χ1) is 10.0. The molecular weight excluding hydrogens is 274 g/mol. The van der Waals surface area contributed by atoms with E-state index in [0.29, 0.717) is 17.1 Å². The molecule has 0 spiro atoms. The minimum atomic E-state index is -0.522. The van der Waals surface area contributed by atoms with Gasteiger partial charge in [-0.3, -0.25) is 15.5 Å². The molecule has 21 heavy (non-hydrogen) atoms. The van der Waals surface area contributed by atoms with Gasteiger partial charge in [0.15, 0.2) is 11.5 Å². The molecule has 0 saturated carbocycles. The van der Waals surface area contributed by atoms with Crippen LogP contribution in [0, 0.1) is 15.5 Å². The van der Waals surface area contributed by atoms with Crippen molar-refractivity contribution in [3.8, 4) is 17.2 Å². The number of nitrogen functional groups attached to an aromatic ring is 1. The van der Waals surface area contributed by atoms with Gasteiger partial charge in [0, 0.05) is 11.6 Å². The van der Waals surface area contributed by atoms with Gasteiger partial charge in [-0.05, 0) is 24.3 Å². The number of nitrogens with zero attached hydrogens (tertiary/aromatic N) is 1. The second kappa shape index (κ2) is 5.91. The second-order valence-corrected chi connectivity index (χ2v) is 4.11.